The monoisotopic (exact) mass is 421 g/mol. The number of nitrogens with zero attached hydrogens (tertiary/aromatic N) is 1. The fraction of sp³-hybridized carbons (Fsp3) is 0.667. The number of thiol groups is 1. The molecule has 7 nitrogen and oxygen atoms in total. The molecule has 0 aromatic heterocycles. The summed E-state index contributed by atoms with van der Waals surface area (Å²) in [6.45, 7) is 0.671. The molecule has 2 atom stereocenters. The summed E-state index contributed by atoms with van der Waals surface area (Å²) in [7, 11) is -3.76. The molecule has 0 radical (unpaired) electrons. The van der Waals surface area contributed by atoms with E-state index in [1.54, 1.807) is 10.2 Å². The molecule has 0 saturated carbocycles. The highest BCUT2D eigenvalue weighted by molar-refractivity contribution is 14.1. The third kappa shape index (κ3) is 6.29. The van der Waals surface area contributed by atoms with Crippen LogP contribution in [0, 0.1) is 0 Å². The third-order valence-corrected chi connectivity index (χ3v) is 3.99. The largest absolute Gasteiger partial charge is 0.445 e. The minimum atomic E-state index is -3.76. The summed E-state index contributed by atoms with van der Waals surface area (Å²) in [5, 5.41) is 4.87. The lowest BCUT2D eigenvalue weighted by Gasteiger charge is -2.23. The highest BCUT2D eigenvalue weighted by Gasteiger charge is 2.34. The smallest absolute Gasteiger partial charge is 0.410 e. The highest BCUT2D eigenvalue weighted by atomic mass is 127. The molecular weight excluding hydrogens is 405 g/mol. The first-order valence-electron chi connectivity index (χ1n) is 5.47. The van der Waals surface area contributed by atoms with Gasteiger partial charge in [-0.3, -0.25) is 0 Å². The summed E-state index contributed by atoms with van der Waals surface area (Å²) in [6, 6.07) is -0.295. The number of amides is 1. The number of carbonyl (C=O) groups excluding carboxylic acids is 1. The zero-order valence-corrected chi connectivity index (χ0v) is 13.9. The summed E-state index contributed by atoms with van der Waals surface area (Å²) in [5.74, 6) is 0. The van der Waals surface area contributed by atoms with Crippen molar-refractivity contribution in [2.45, 2.75) is 17.7 Å². The van der Waals surface area contributed by atoms with E-state index in [9.17, 15) is 13.2 Å². The van der Waals surface area contributed by atoms with Gasteiger partial charge in [-0.05, 0) is 16.6 Å². The first kappa shape index (κ1) is 17.0. The van der Waals surface area contributed by atoms with Gasteiger partial charge in [0.2, 0.25) is 0 Å². The quantitative estimate of drug-likeness (QED) is 0.437. The summed E-state index contributed by atoms with van der Waals surface area (Å²) in [6.07, 6.45) is 1.81. The van der Waals surface area contributed by atoms with Crippen LogP contribution >= 0.6 is 35.2 Å². The first-order chi connectivity index (χ1) is 8.83. The van der Waals surface area contributed by atoms with Gasteiger partial charge in [-0.1, -0.05) is 22.6 Å². The van der Waals surface area contributed by atoms with E-state index in [-0.39, 0.29) is 24.4 Å². The molecule has 1 amide bonds. The lowest BCUT2D eigenvalue weighted by atomic mass is 10.2. The van der Waals surface area contributed by atoms with Crippen molar-refractivity contribution in [3.05, 3.63) is 10.2 Å². The van der Waals surface area contributed by atoms with Gasteiger partial charge in [0.25, 0.3) is 10.2 Å². The molecule has 1 fully saturated rings. The SMILES string of the molecule is NS(=O)(=O)NC[C@@H]1C[C@H](S)CN1C(=O)OCC=CI. The zero-order valence-electron chi connectivity index (χ0n) is 10.0. The van der Waals surface area contributed by atoms with E-state index < -0.39 is 16.3 Å². The van der Waals surface area contributed by atoms with Gasteiger partial charge in [0.1, 0.15) is 6.61 Å². The summed E-state index contributed by atoms with van der Waals surface area (Å²) in [5.41, 5.74) is 0. The maximum absolute atomic E-state index is 11.8. The minimum absolute atomic E-state index is 0.0000502. The van der Waals surface area contributed by atoms with Crippen LogP contribution in [0.3, 0.4) is 0 Å². The van der Waals surface area contributed by atoms with Gasteiger partial charge in [0, 0.05) is 24.4 Å². The van der Waals surface area contributed by atoms with Crippen molar-refractivity contribution < 1.29 is 17.9 Å². The lowest BCUT2D eigenvalue weighted by molar-refractivity contribution is 0.108. The second kappa shape index (κ2) is 7.67. The van der Waals surface area contributed by atoms with Gasteiger partial charge < -0.3 is 9.64 Å². The molecule has 0 aliphatic carbocycles. The van der Waals surface area contributed by atoms with Crippen LogP contribution in [0.25, 0.3) is 0 Å². The van der Waals surface area contributed by atoms with E-state index in [2.05, 4.69) is 17.4 Å². The van der Waals surface area contributed by atoms with Gasteiger partial charge in [-0.2, -0.15) is 21.0 Å². The third-order valence-electron chi connectivity index (χ3n) is 2.54. The Balaban J connectivity index is 2.56. The van der Waals surface area contributed by atoms with E-state index in [0.717, 1.165) is 0 Å². The number of likely N-dealkylation sites (tertiary alicyclic amines) is 1. The van der Waals surface area contributed by atoms with Crippen molar-refractivity contribution in [2.75, 3.05) is 19.7 Å². The van der Waals surface area contributed by atoms with Crippen molar-refractivity contribution >= 4 is 51.5 Å². The average molecular weight is 421 g/mol. The second-order valence-corrected chi connectivity index (χ2v) is 6.86. The molecule has 1 saturated heterocycles. The van der Waals surface area contributed by atoms with Crippen molar-refractivity contribution in [1.82, 2.24) is 9.62 Å². The van der Waals surface area contributed by atoms with Gasteiger partial charge in [0.15, 0.2) is 0 Å². The fourth-order valence-electron chi connectivity index (χ4n) is 1.76. The number of nitrogens with two attached hydrogens (primary N) is 1. The molecular formula is C9H16IN3O4S2. The van der Waals surface area contributed by atoms with Crippen molar-refractivity contribution in [2.24, 2.45) is 5.14 Å². The predicted octanol–water partition coefficient (Wildman–Crippen LogP) is 0.238. The number of nitrogens with one attached hydrogen (secondary N) is 1. The highest BCUT2D eigenvalue weighted by Crippen LogP contribution is 2.22. The van der Waals surface area contributed by atoms with E-state index in [0.29, 0.717) is 13.0 Å². The predicted molar refractivity (Wildman–Crippen MR) is 83.5 cm³/mol. The Labute approximate surface area is 131 Å². The van der Waals surface area contributed by atoms with Crippen molar-refractivity contribution in [1.29, 1.82) is 0 Å². The molecule has 0 aromatic rings. The van der Waals surface area contributed by atoms with Gasteiger partial charge in [-0.15, -0.1) is 0 Å². The van der Waals surface area contributed by atoms with Crippen LogP contribution in [-0.2, 0) is 14.9 Å². The fourth-order valence-corrected chi connectivity index (χ4v) is 2.81. The average Bonchev–Trinajstić information content (AvgIpc) is 2.67. The normalized spacial score (nSPS) is 24.1. The molecule has 110 valence electrons. The Bertz CT molecular complexity index is 443. The van der Waals surface area contributed by atoms with Crippen LogP contribution in [0.5, 0.6) is 0 Å². The number of halogens is 1. The van der Waals surface area contributed by atoms with Crippen LogP contribution in [0.1, 0.15) is 6.42 Å². The second-order valence-electron chi connectivity index (χ2n) is 4.03. The topological polar surface area (TPSA) is 102 Å². The number of rotatable bonds is 5. The maximum atomic E-state index is 11.8. The minimum Gasteiger partial charge on any atom is -0.445 e. The van der Waals surface area contributed by atoms with Gasteiger partial charge >= 0.3 is 6.09 Å². The molecule has 19 heavy (non-hydrogen) atoms. The molecule has 1 aliphatic heterocycles. The number of hydrogen-bond donors (Lipinski definition) is 3. The van der Waals surface area contributed by atoms with E-state index in [1.165, 1.54) is 4.90 Å². The summed E-state index contributed by atoms with van der Waals surface area (Å²) in [4.78, 5) is 13.3. The Morgan fingerprint density at radius 2 is 2.32 bits per heavy atom. The van der Waals surface area contributed by atoms with E-state index >= 15 is 0 Å². The van der Waals surface area contributed by atoms with Crippen LogP contribution in [0.4, 0.5) is 4.79 Å². The molecule has 0 bridgehead atoms. The molecule has 1 aliphatic rings. The number of carbonyl (C=O) groups is 1. The summed E-state index contributed by atoms with van der Waals surface area (Å²) >= 11 is 6.33. The van der Waals surface area contributed by atoms with Gasteiger partial charge in [0.05, 0.1) is 0 Å². The summed E-state index contributed by atoms with van der Waals surface area (Å²) < 4.78 is 30.7. The van der Waals surface area contributed by atoms with E-state index in [1.807, 2.05) is 22.6 Å². The Hall–Kier alpha value is -0.0400. The maximum Gasteiger partial charge on any atom is 0.410 e. The lowest BCUT2D eigenvalue weighted by Crippen LogP contribution is -2.44. The van der Waals surface area contributed by atoms with Crippen LogP contribution in [0.2, 0.25) is 0 Å². The Morgan fingerprint density at radius 3 is 2.89 bits per heavy atom. The van der Waals surface area contributed by atoms with Crippen LogP contribution in [-0.4, -0.2) is 50.4 Å². The van der Waals surface area contributed by atoms with Crippen molar-refractivity contribution in [3.8, 4) is 0 Å². The molecule has 1 rings (SSSR count). The first-order valence-corrected chi connectivity index (χ1v) is 8.78. The molecule has 1 heterocycles. The molecule has 3 N–H and O–H groups in total. The van der Waals surface area contributed by atoms with Gasteiger partial charge in [-0.25, -0.2) is 14.7 Å². The Morgan fingerprint density at radius 1 is 1.63 bits per heavy atom. The molecule has 0 aromatic carbocycles. The van der Waals surface area contributed by atoms with Crippen LogP contribution in [0.15, 0.2) is 10.2 Å². The molecule has 0 unspecified atom stereocenters. The number of ether oxygens (including phenoxy) is 1. The zero-order chi connectivity index (χ0) is 14.5. The molecule has 0 spiro atoms. The standard InChI is InChI=1S/C9H16IN3O4S2/c10-2-1-3-17-9(14)13-6-8(18)4-7(13)5-12-19(11,15)16/h1-2,7-8,12,18H,3-6H2,(H2,11,15,16)/t7-,8-/m0/s1. The molecule has 10 heteroatoms. The van der Waals surface area contributed by atoms with Crippen molar-refractivity contribution in [3.63, 3.8) is 0 Å². The number of hydrogen-bond acceptors (Lipinski definition) is 5. The van der Waals surface area contributed by atoms with E-state index in [4.69, 9.17) is 9.88 Å². The van der Waals surface area contributed by atoms with Crippen LogP contribution < -0.4 is 9.86 Å². The Kier molecular flexibility index (Phi) is 6.86.